The molecule has 2 N–H and O–H groups in total. The van der Waals surface area contributed by atoms with Crippen LogP contribution in [0.4, 0.5) is 0 Å². The van der Waals surface area contributed by atoms with Gasteiger partial charge in [0.25, 0.3) is 0 Å². The van der Waals surface area contributed by atoms with Crippen LogP contribution in [0.25, 0.3) is 22.3 Å². The van der Waals surface area contributed by atoms with E-state index in [0.717, 1.165) is 80.0 Å². The van der Waals surface area contributed by atoms with Crippen molar-refractivity contribution in [2.24, 2.45) is 11.8 Å². The van der Waals surface area contributed by atoms with E-state index in [1.54, 1.807) is 0 Å². The normalized spacial score (nSPS) is 18.3. The first-order valence-corrected chi connectivity index (χ1v) is 12.8. The predicted octanol–water partition coefficient (Wildman–Crippen LogP) is 3.09. The highest BCUT2D eigenvalue weighted by Crippen LogP contribution is 2.34. The van der Waals surface area contributed by atoms with Crippen molar-refractivity contribution in [2.75, 3.05) is 39.5 Å². The number of piperidine rings is 1. The Balaban J connectivity index is 1.28. The lowest BCUT2D eigenvalue weighted by Crippen LogP contribution is -2.40. The Morgan fingerprint density at radius 3 is 2.77 bits per heavy atom. The van der Waals surface area contributed by atoms with E-state index in [-0.39, 0.29) is 18.4 Å². The number of aliphatic hydroxyl groups excluding tert-OH is 1. The minimum Gasteiger partial charge on any atom is -0.395 e. The molecule has 2 fully saturated rings. The zero-order valence-corrected chi connectivity index (χ0v) is 20.5. The van der Waals surface area contributed by atoms with Crippen LogP contribution < -0.4 is 5.32 Å². The first-order chi connectivity index (χ1) is 17.1. The molecule has 0 radical (unpaired) electrons. The van der Waals surface area contributed by atoms with Crippen molar-refractivity contribution in [1.29, 1.82) is 0 Å². The molecule has 188 valence electrons. The summed E-state index contributed by atoms with van der Waals surface area (Å²) in [5.41, 5.74) is 1.92. The van der Waals surface area contributed by atoms with Crippen molar-refractivity contribution in [3.63, 3.8) is 0 Å². The van der Waals surface area contributed by atoms with Crippen LogP contribution in [0.5, 0.6) is 0 Å². The first-order valence-electron chi connectivity index (χ1n) is 12.4. The molecule has 5 rings (SSSR count). The molecule has 0 unspecified atom stereocenters. The lowest BCUT2D eigenvalue weighted by molar-refractivity contribution is -0.126. The number of nitrogens with zero attached hydrogens (tertiary/aromatic N) is 4. The molecule has 0 saturated carbocycles. The summed E-state index contributed by atoms with van der Waals surface area (Å²) in [5, 5.41) is 17.7. The highest BCUT2D eigenvalue weighted by molar-refractivity contribution is 6.35. The van der Waals surface area contributed by atoms with E-state index in [1.807, 2.05) is 12.1 Å². The van der Waals surface area contributed by atoms with E-state index >= 15 is 0 Å². The molecule has 2 saturated heterocycles. The molecule has 0 atom stereocenters. The monoisotopic (exact) mass is 501 g/mol. The summed E-state index contributed by atoms with van der Waals surface area (Å²) < 4.78 is 13.4. The molecule has 2 aliphatic rings. The zero-order valence-electron chi connectivity index (χ0n) is 19.8. The lowest BCUT2D eigenvalue weighted by atomic mass is 9.96. The van der Waals surface area contributed by atoms with Crippen molar-refractivity contribution < 1.29 is 19.2 Å². The van der Waals surface area contributed by atoms with Gasteiger partial charge >= 0.3 is 0 Å². The van der Waals surface area contributed by atoms with E-state index in [2.05, 4.69) is 32.2 Å². The van der Waals surface area contributed by atoms with E-state index in [9.17, 15) is 4.79 Å². The standard InChI is InChI=1S/C25H32ClN5O4/c26-21-3-1-2-19-20(15-31(23(19)21)14-17-6-12-34-13-7-17)24-28-22(35-29-24)16-30-9-4-18(5-10-30)25(33)27-8-11-32/h1-3,15,17-18,32H,4-14,16H2,(H,27,33). The lowest BCUT2D eigenvalue weighted by Gasteiger charge is -2.30. The number of hydrogen-bond donors (Lipinski definition) is 2. The molecule has 0 bridgehead atoms. The molecular formula is C25H32ClN5O4. The fraction of sp³-hybridized carbons (Fsp3) is 0.560. The van der Waals surface area contributed by atoms with Crippen LogP contribution in [0.1, 0.15) is 31.6 Å². The summed E-state index contributed by atoms with van der Waals surface area (Å²) >= 11 is 6.62. The number of halogens is 1. The van der Waals surface area contributed by atoms with Crippen LogP contribution in [0.2, 0.25) is 5.02 Å². The smallest absolute Gasteiger partial charge is 0.241 e. The van der Waals surface area contributed by atoms with Gasteiger partial charge in [-0.25, -0.2) is 0 Å². The van der Waals surface area contributed by atoms with Crippen molar-refractivity contribution in [3.05, 3.63) is 35.3 Å². The Kier molecular flexibility index (Phi) is 7.67. The predicted molar refractivity (Wildman–Crippen MR) is 132 cm³/mol. The summed E-state index contributed by atoms with van der Waals surface area (Å²) in [5.74, 6) is 1.70. The fourth-order valence-electron chi connectivity index (χ4n) is 5.14. The van der Waals surface area contributed by atoms with Gasteiger partial charge in [-0.15, -0.1) is 0 Å². The van der Waals surface area contributed by atoms with Gasteiger partial charge in [-0.2, -0.15) is 4.98 Å². The third-order valence-electron chi connectivity index (χ3n) is 7.08. The molecule has 1 aromatic carbocycles. The molecule has 4 heterocycles. The number of hydrogen-bond acceptors (Lipinski definition) is 7. The molecule has 2 aromatic heterocycles. The van der Waals surface area contributed by atoms with E-state index in [4.69, 9.17) is 31.0 Å². The van der Waals surface area contributed by atoms with E-state index in [1.165, 1.54) is 0 Å². The van der Waals surface area contributed by atoms with Crippen LogP contribution in [0.15, 0.2) is 28.9 Å². The number of carbonyl (C=O) groups excluding carboxylic acids is 1. The number of aliphatic hydroxyl groups is 1. The van der Waals surface area contributed by atoms with Gasteiger partial charge in [0.15, 0.2) is 0 Å². The van der Waals surface area contributed by atoms with Crippen molar-refractivity contribution in [2.45, 2.75) is 38.8 Å². The molecular weight excluding hydrogens is 470 g/mol. The Bertz CT molecular complexity index is 1150. The number of carbonyl (C=O) groups is 1. The molecule has 9 nitrogen and oxygen atoms in total. The fourth-order valence-corrected chi connectivity index (χ4v) is 5.42. The van der Waals surface area contributed by atoms with E-state index in [0.29, 0.717) is 30.7 Å². The molecule has 35 heavy (non-hydrogen) atoms. The number of para-hydroxylation sites is 1. The maximum atomic E-state index is 12.1. The van der Waals surface area contributed by atoms with Crippen LogP contribution in [-0.2, 0) is 22.6 Å². The summed E-state index contributed by atoms with van der Waals surface area (Å²) in [6.07, 6.45) is 5.74. The number of amides is 1. The quantitative estimate of drug-likeness (QED) is 0.488. The minimum absolute atomic E-state index is 0.0114. The number of rotatable bonds is 8. The topological polar surface area (TPSA) is 106 Å². The summed E-state index contributed by atoms with van der Waals surface area (Å²) in [6, 6.07) is 5.93. The molecule has 3 aromatic rings. The molecule has 0 spiro atoms. The average molecular weight is 502 g/mol. The average Bonchev–Trinajstić information content (AvgIpc) is 3.49. The number of likely N-dealkylation sites (tertiary alicyclic amines) is 1. The van der Waals surface area contributed by atoms with Gasteiger partial charge in [0, 0.05) is 49.4 Å². The number of benzene rings is 1. The Morgan fingerprint density at radius 2 is 2.00 bits per heavy atom. The van der Waals surface area contributed by atoms with Crippen LogP contribution in [-0.4, -0.2) is 70.1 Å². The third-order valence-corrected chi connectivity index (χ3v) is 7.39. The Labute approximate surface area is 209 Å². The number of ether oxygens (including phenoxy) is 1. The Morgan fingerprint density at radius 1 is 1.20 bits per heavy atom. The molecule has 10 heteroatoms. The second-order valence-electron chi connectivity index (χ2n) is 9.46. The maximum absolute atomic E-state index is 12.1. The summed E-state index contributed by atoms with van der Waals surface area (Å²) in [7, 11) is 0. The van der Waals surface area contributed by atoms with Gasteiger partial charge in [-0.1, -0.05) is 28.9 Å². The summed E-state index contributed by atoms with van der Waals surface area (Å²) in [4.78, 5) is 19.1. The minimum atomic E-state index is -0.0372. The van der Waals surface area contributed by atoms with Gasteiger partial charge in [0.1, 0.15) is 0 Å². The van der Waals surface area contributed by atoms with Crippen LogP contribution in [0, 0.1) is 11.8 Å². The van der Waals surface area contributed by atoms with E-state index < -0.39 is 0 Å². The van der Waals surface area contributed by atoms with Gasteiger partial charge in [0.05, 0.1) is 23.7 Å². The van der Waals surface area contributed by atoms with Gasteiger partial charge in [-0.3, -0.25) is 9.69 Å². The van der Waals surface area contributed by atoms with Gasteiger partial charge < -0.3 is 24.3 Å². The molecule has 0 aliphatic carbocycles. The molecule has 1 amide bonds. The second kappa shape index (κ2) is 11.1. The van der Waals surface area contributed by atoms with Gasteiger partial charge in [0.2, 0.25) is 17.6 Å². The van der Waals surface area contributed by atoms with Crippen molar-refractivity contribution >= 4 is 28.4 Å². The number of fused-ring (bicyclic) bond motifs is 1. The zero-order chi connectivity index (χ0) is 24.2. The highest BCUT2D eigenvalue weighted by atomic mass is 35.5. The SMILES string of the molecule is O=C(NCCO)C1CCN(Cc2nc(-c3cn(CC4CCOCC4)c4c(Cl)cccc34)no2)CC1. The largest absolute Gasteiger partial charge is 0.395 e. The first kappa shape index (κ1) is 24.2. The van der Waals surface area contributed by atoms with Crippen molar-refractivity contribution in [1.82, 2.24) is 24.9 Å². The van der Waals surface area contributed by atoms with Gasteiger partial charge in [-0.05, 0) is 50.8 Å². The number of aromatic nitrogens is 3. The maximum Gasteiger partial charge on any atom is 0.241 e. The third kappa shape index (κ3) is 5.53. The number of nitrogens with one attached hydrogen (secondary N) is 1. The van der Waals surface area contributed by atoms with Crippen molar-refractivity contribution in [3.8, 4) is 11.4 Å². The Hall–Kier alpha value is -2.46. The van der Waals surface area contributed by atoms with Crippen LogP contribution >= 0.6 is 11.6 Å². The second-order valence-corrected chi connectivity index (χ2v) is 9.87. The highest BCUT2D eigenvalue weighted by Gasteiger charge is 2.26. The van der Waals surface area contributed by atoms with Crippen LogP contribution in [0.3, 0.4) is 0 Å². The summed E-state index contributed by atoms with van der Waals surface area (Å²) in [6.45, 7) is 4.90. The molecule has 2 aliphatic heterocycles.